The van der Waals surface area contributed by atoms with Gasteiger partial charge in [-0.3, -0.25) is 0 Å². The van der Waals surface area contributed by atoms with Crippen molar-refractivity contribution in [2.75, 3.05) is 30.4 Å². The van der Waals surface area contributed by atoms with Crippen LogP contribution in [-0.2, 0) is 4.74 Å². The van der Waals surface area contributed by atoms with E-state index in [9.17, 15) is 10.1 Å². The van der Waals surface area contributed by atoms with Crippen molar-refractivity contribution >= 4 is 23.3 Å². The molecule has 2 heterocycles. The number of esters is 1. The maximum absolute atomic E-state index is 11.5. The SMILES string of the molecule is COC(=O)c1ccc(Nc2nc(N3CCCCC3)cnc2C#N)cc1. The minimum absolute atomic E-state index is 0.234. The van der Waals surface area contributed by atoms with Gasteiger partial charge in [-0.1, -0.05) is 0 Å². The quantitative estimate of drug-likeness (QED) is 0.858. The highest BCUT2D eigenvalue weighted by molar-refractivity contribution is 5.89. The lowest BCUT2D eigenvalue weighted by Crippen LogP contribution is -2.30. The van der Waals surface area contributed by atoms with E-state index in [1.54, 1.807) is 30.5 Å². The van der Waals surface area contributed by atoms with Crippen LogP contribution in [0.5, 0.6) is 0 Å². The van der Waals surface area contributed by atoms with Crippen LogP contribution in [-0.4, -0.2) is 36.1 Å². The van der Waals surface area contributed by atoms with Crippen LogP contribution in [0.2, 0.25) is 0 Å². The minimum atomic E-state index is -0.392. The second-order valence-corrected chi connectivity index (χ2v) is 5.78. The van der Waals surface area contributed by atoms with Gasteiger partial charge < -0.3 is 15.0 Å². The highest BCUT2D eigenvalue weighted by Crippen LogP contribution is 2.23. The topological polar surface area (TPSA) is 91.1 Å². The number of piperidine rings is 1. The lowest BCUT2D eigenvalue weighted by molar-refractivity contribution is 0.0601. The standard InChI is InChI=1S/C18H19N5O2/c1-25-18(24)13-5-7-14(8-6-13)21-17-15(11-19)20-12-16(22-17)23-9-3-2-4-10-23/h5-8,12H,2-4,9-10H2,1H3,(H,21,22). The highest BCUT2D eigenvalue weighted by atomic mass is 16.5. The summed E-state index contributed by atoms with van der Waals surface area (Å²) in [5.41, 5.74) is 1.41. The summed E-state index contributed by atoms with van der Waals surface area (Å²) in [5, 5.41) is 12.4. The maximum atomic E-state index is 11.5. The molecule has 3 rings (SSSR count). The summed E-state index contributed by atoms with van der Waals surface area (Å²) in [6, 6.07) is 8.84. The van der Waals surface area contributed by atoms with Crippen molar-refractivity contribution < 1.29 is 9.53 Å². The van der Waals surface area contributed by atoms with Crippen LogP contribution in [0.1, 0.15) is 35.3 Å². The molecule has 7 nitrogen and oxygen atoms in total. The van der Waals surface area contributed by atoms with Crippen molar-refractivity contribution in [1.82, 2.24) is 9.97 Å². The molecule has 1 aliphatic heterocycles. The van der Waals surface area contributed by atoms with Crippen LogP contribution in [0.3, 0.4) is 0 Å². The second-order valence-electron chi connectivity index (χ2n) is 5.78. The Morgan fingerprint density at radius 1 is 1.24 bits per heavy atom. The van der Waals surface area contributed by atoms with Gasteiger partial charge in [-0.05, 0) is 43.5 Å². The number of nitriles is 1. The molecule has 1 aliphatic rings. The van der Waals surface area contributed by atoms with Crippen molar-refractivity contribution in [3.05, 3.63) is 41.7 Å². The van der Waals surface area contributed by atoms with Gasteiger partial charge in [0.15, 0.2) is 11.5 Å². The van der Waals surface area contributed by atoms with Crippen LogP contribution in [0.15, 0.2) is 30.5 Å². The van der Waals surface area contributed by atoms with E-state index >= 15 is 0 Å². The zero-order valence-electron chi connectivity index (χ0n) is 14.0. The molecule has 0 radical (unpaired) electrons. The molecule has 1 aromatic heterocycles. The molecule has 0 saturated carbocycles. The fourth-order valence-corrected chi connectivity index (χ4v) is 2.77. The molecule has 0 aliphatic carbocycles. The summed E-state index contributed by atoms with van der Waals surface area (Å²) in [6.07, 6.45) is 5.16. The molecule has 1 saturated heterocycles. The highest BCUT2D eigenvalue weighted by Gasteiger charge is 2.15. The number of hydrogen-bond donors (Lipinski definition) is 1. The van der Waals surface area contributed by atoms with E-state index < -0.39 is 5.97 Å². The lowest BCUT2D eigenvalue weighted by atomic mass is 10.1. The molecule has 7 heteroatoms. The molecule has 128 valence electrons. The van der Waals surface area contributed by atoms with E-state index in [0.717, 1.165) is 31.7 Å². The Morgan fingerprint density at radius 2 is 1.96 bits per heavy atom. The molecular formula is C18H19N5O2. The number of carbonyl (C=O) groups excluding carboxylic acids is 1. The number of anilines is 3. The molecule has 0 atom stereocenters. The van der Waals surface area contributed by atoms with Gasteiger partial charge >= 0.3 is 5.97 Å². The van der Waals surface area contributed by atoms with E-state index in [-0.39, 0.29) is 5.69 Å². The first-order chi connectivity index (χ1) is 12.2. The number of carbonyl (C=O) groups is 1. The number of methoxy groups -OCH3 is 1. The maximum Gasteiger partial charge on any atom is 0.337 e. The number of nitrogens with one attached hydrogen (secondary N) is 1. The third-order valence-corrected chi connectivity index (χ3v) is 4.11. The molecule has 1 fully saturated rings. The first kappa shape index (κ1) is 16.7. The summed E-state index contributed by atoms with van der Waals surface area (Å²) in [4.78, 5) is 22.5. The summed E-state index contributed by atoms with van der Waals surface area (Å²) < 4.78 is 4.68. The predicted octanol–water partition coefficient (Wildman–Crippen LogP) is 2.87. The first-order valence-corrected chi connectivity index (χ1v) is 8.19. The van der Waals surface area contributed by atoms with Crippen LogP contribution < -0.4 is 10.2 Å². The van der Waals surface area contributed by atoms with Crippen molar-refractivity contribution in [2.45, 2.75) is 19.3 Å². The molecule has 0 spiro atoms. The average molecular weight is 337 g/mol. The van der Waals surface area contributed by atoms with E-state index in [1.165, 1.54) is 13.5 Å². The van der Waals surface area contributed by atoms with E-state index in [1.807, 2.05) is 0 Å². The number of ether oxygens (including phenoxy) is 1. The van der Waals surface area contributed by atoms with Crippen LogP contribution in [0, 0.1) is 11.3 Å². The number of aromatic nitrogens is 2. The molecular weight excluding hydrogens is 318 g/mol. The minimum Gasteiger partial charge on any atom is -0.465 e. The largest absolute Gasteiger partial charge is 0.465 e. The number of nitrogens with zero attached hydrogens (tertiary/aromatic N) is 4. The van der Waals surface area contributed by atoms with Crippen LogP contribution in [0.4, 0.5) is 17.3 Å². The van der Waals surface area contributed by atoms with Gasteiger partial charge in [0.1, 0.15) is 11.9 Å². The normalized spacial score (nSPS) is 13.8. The number of hydrogen-bond acceptors (Lipinski definition) is 7. The van der Waals surface area contributed by atoms with Crippen LogP contribution in [0.25, 0.3) is 0 Å². The monoisotopic (exact) mass is 337 g/mol. The number of rotatable bonds is 4. The van der Waals surface area contributed by atoms with Gasteiger partial charge in [0, 0.05) is 18.8 Å². The summed E-state index contributed by atoms with van der Waals surface area (Å²) >= 11 is 0. The summed E-state index contributed by atoms with van der Waals surface area (Å²) in [6.45, 7) is 1.90. The van der Waals surface area contributed by atoms with Crippen molar-refractivity contribution in [2.24, 2.45) is 0 Å². The zero-order valence-corrected chi connectivity index (χ0v) is 14.0. The second kappa shape index (κ2) is 7.62. The molecule has 1 aromatic carbocycles. The van der Waals surface area contributed by atoms with Gasteiger partial charge in [0.05, 0.1) is 18.9 Å². The summed E-state index contributed by atoms with van der Waals surface area (Å²) in [7, 11) is 1.34. The molecule has 2 aromatic rings. The Kier molecular flexibility index (Phi) is 5.09. The fourth-order valence-electron chi connectivity index (χ4n) is 2.77. The van der Waals surface area contributed by atoms with Crippen molar-refractivity contribution in [3.8, 4) is 6.07 Å². The van der Waals surface area contributed by atoms with E-state index in [2.05, 4.69) is 31.0 Å². The fraction of sp³-hybridized carbons (Fsp3) is 0.333. The smallest absolute Gasteiger partial charge is 0.337 e. The Morgan fingerprint density at radius 3 is 2.60 bits per heavy atom. The molecule has 0 unspecified atom stereocenters. The average Bonchev–Trinajstić information content (AvgIpc) is 2.68. The Labute approximate surface area is 146 Å². The Balaban J connectivity index is 1.82. The van der Waals surface area contributed by atoms with Gasteiger partial charge in [0.2, 0.25) is 0 Å². The molecule has 0 bridgehead atoms. The van der Waals surface area contributed by atoms with Gasteiger partial charge in [0.25, 0.3) is 0 Å². The third-order valence-electron chi connectivity index (χ3n) is 4.11. The van der Waals surface area contributed by atoms with Crippen LogP contribution >= 0.6 is 0 Å². The summed E-state index contributed by atoms with van der Waals surface area (Å²) in [5.74, 6) is 0.792. The zero-order chi connectivity index (χ0) is 17.6. The van der Waals surface area contributed by atoms with E-state index in [0.29, 0.717) is 17.1 Å². The van der Waals surface area contributed by atoms with Gasteiger partial charge in [-0.25, -0.2) is 14.8 Å². The first-order valence-electron chi connectivity index (χ1n) is 8.19. The van der Waals surface area contributed by atoms with E-state index in [4.69, 9.17) is 0 Å². The van der Waals surface area contributed by atoms with Crippen molar-refractivity contribution in [1.29, 1.82) is 5.26 Å². The lowest BCUT2D eigenvalue weighted by Gasteiger charge is -2.27. The van der Waals surface area contributed by atoms with Gasteiger partial charge in [-0.2, -0.15) is 5.26 Å². The number of benzene rings is 1. The molecule has 1 N–H and O–H groups in total. The Bertz CT molecular complexity index is 792. The Hall–Kier alpha value is -3.14. The van der Waals surface area contributed by atoms with Crippen molar-refractivity contribution in [3.63, 3.8) is 0 Å². The van der Waals surface area contributed by atoms with Gasteiger partial charge in [-0.15, -0.1) is 0 Å². The molecule has 25 heavy (non-hydrogen) atoms. The molecule has 0 amide bonds. The third kappa shape index (κ3) is 3.86. The predicted molar refractivity (Wildman–Crippen MR) is 93.9 cm³/mol.